The standard InChI is InChI=1S/C20H28N4O3/c1-4-13-27-19-16(6-5-11-22-19)15-24-20(21-2)23-12-14-26-18-9-7-17(25-3)8-10-18/h5-11H,4,12-15H2,1-3H3,(H2,21,23,24). The molecule has 0 fully saturated rings. The molecule has 0 amide bonds. The molecular weight excluding hydrogens is 344 g/mol. The van der Waals surface area contributed by atoms with Gasteiger partial charge in [0, 0.05) is 25.4 Å². The van der Waals surface area contributed by atoms with Crippen molar-refractivity contribution in [3.63, 3.8) is 0 Å². The van der Waals surface area contributed by atoms with E-state index in [9.17, 15) is 0 Å². The lowest BCUT2D eigenvalue weighted by Gasteiger charge is -2.14. The van der Waals surface area contributed by atoms with Crippen LogP contribution in [-0.2, 0) is 6.54 Å². The van der Waals surface area contributed by atoms with E-state index in [1.165, 1.54) is 0 Å². The van der Waals surface area contributed by atoms with Crippen molar-refractivity contribution >= 4 is 5.96 Å². The lowest BCUT2D eigenvalue weighted by Crippen LogP contribution is -2.39. The zero-order valence-corrected chi connectivity index (χ0v) is 16.2. The Hall–Kier alpha value is -2.96. The second kappa shape index (κ2) is 11.6. The first-order valence-electron chi connectivity index (χ1n) is 9.05. The van der Waals surface area contributed by atoms with Gasteiger partial charge in [-0.05, 0) is 36.8 Å². The molecule has 0 bridgehead atoms. The van der Waals surface area contributed by atoms with E-state index in [1.807, 2.05) is 36.4 Å². The molecule has 0 atom stereocenters. The molecule has 27 heavy (non-hydrogen) atoms. The van der Waals surface area contributed by atoms with Gasteiger partial charge in [-0.25, -0.2) is 4.98 Å². The Balaban J connectivity index is 1.74. The Labute approximate surface area is 160 Å². The van der Waals surface area contributed by atoms with Gasteiger partial charge in [0.15, 0.2) is 5.96 Å². The highest BCUT2D eigenvalue weighted by Crippen LogP contribution is 2.16. The average Bonchev–Trinajstić information content (AvgIpc) is 2.72. The van der Waals surface area contributed by atoms with E-state index < -0.39 is 0 Å². The van der Waals surface area contributed by atoms with Gasteiger partial charge in [0.25, 0.3) is 0 Å². The van der Waals surface area contributed by atoms with E-state index in [2.05, 4.69) is 27.5 Å². The van der Waals surface area contributed by atoms with Gasteiger partial charge in [-0.15, -0.1) is 0 Å². The molecular formula is C20H28N4O3. The van der Waals surface area contributed by atoms with Crippen molar-refractivity contribution in [1.29, 1.82) is 0 Å². The summed E-state index contributed by atoms with van der Waals surface area (Å²) in [6.45, 7) is 4.44. The molecule has 1 aromatic carbocycles. The second-order valence-electron chi connectivity index (χ2n) is 5.69. The molecule has 2 N–H and O–H groups in total. The van der Waals surface area contributed by atoms with Gasteiger partial charge < -0.3 is 24.8 Å². The Morgan fingerprint density at radius 2 is 1.81 bits per heavy atom. The maximum absolute atomic E-state index is 5.70. The minimum absolute atomic E-state index is 0.519. The second-order valence-corrected chi connectivity index (χ2v) is 5.69. The van der Waals surface area contributed by atoms with Crippen LogP contribution in [0.4, 0.5) is 0 Å². The van der Waals surface area contributed by atoms with Crippen molar-refractivity contribution < 1.29 is 14.2 Å². The van der Waals surface area contributed by atoms with Crippen molar-refractivity contribution in [2.24, 2.45) is 4.99 Å². The summed E-state index contributed by atoms with van der Waals surface area (Å²) in [5.41, 5.74) is 0.989. The number of aromatic nitrogens is 1. The third-order valence-electron chi connectivity index (χ3n) is 3.69. The van der Waals surface area contributed by atoms with Gasteiger partial charge >= 0.3 is 0 Å². The van der Waals surface area contributed by atoms with Gasteiger partial charge in [-0.2, -0.15) is 0 Å². The van der Waals surface area contributed by atoms with Crippen molar-refractivity contribution in [2.45, 2.75) is 19.9 Å². The number of nitrogens with one attached hydrogen (secondary N) is 2. The first-order valence-corrected chi connectivity index (χ1v) is 9.05. The molecule has 0 aliphatic heterocycles. The monoisotopic (exact) mass is 372 g/mol. The molecule has 146 valence electrons. The topological polar surface area (TPSA) is 77.0 Å². The summed E-state index contributed by atoms with van der Waals surface area (Å²) < 4.78 is 16.5. The summed E-state index contributed by atoms with van der Waals surface area (Å²) in [6.07, 6.45) is 2.68. The predicted octanol–water partition coefficient (Wildman–Crippen LogP) is 2.62. The molecule has 0 unspecified atom stereocenters. The zero-order chi connectivity index (χ0) is 19.3. The summed E-state index contributed by atoms with van der Waals surface area (Å²) in [5, 5.41) is 6.49. The highest BCUT2D eigenvalue weighted by Gasteiger charge is 2.05. The van der Waals surface area contributed by atoms with Crippen molar-refractivity contribution in [3.8, 4) is 17.4 Å². The number of guanidine groups is 1. The number of nitrogens with zero attached hydrogens (tertiary/aromatic N) is 2. The number of hydrogen-bond acceptors (Lipinski definition) is 5. The van der Waals surface area contributed by atoms with Crippen molar-refractivity contribution in [3.05, 3.63) is 48.2 Å². The van der Waals surface area contributed by atoms with Crippen LogP contribution in [-0.4, -0.2) is 44.9 Å². The van der Waals surface area contributed by atoms with Crippen LogP contribution < -0.4 is 24.8 Å². The number of pyridine rings is 1. The third-order valence-corrected chi connectivity index (χ3v) is 3.69. The Morgan fingerprint density at radius 3 is 2.52 bits per heavy atom. The van der Waals surface area contributed by atoms with Crippen molar-refractivity contribution in [2.75, 3.05) is 33.9 Å². The van der Waals surface area contributed by atoms with Gasteiger partial charge in [0.1, 0.15) is 18.1 Å². The van der Waals surface area contributed by atoms with Crippen LogP contribution in [0.2, 0.25) is 0 Å². The summed E-state index contributed by atoms with van der Waals surface area (Å²) >= 11 is 0. The molecule has 0 aliphatic carbocycles. The molecule has 0 spiro atoms. The number of hydrogen-bond donors (Lipinski definition) is 2. The molecule has 0 saturated carbocycles. The highest BCUT2D eigenvalue weighted by atomic mass is 16.5. The van der Waals surface area contributed by atoms with Crippen LogP contribution in [0.3, 0.4) is 0 Å². The molecule has 7 heteroatoms. The van der Waals surface area contributed by atoms with Crippen LogP contribution in [0.25, 0.3) is 0 Å². The normalized spacial score (nSPS) is 11.0. The molecule has 0 radical (unpaired) electrons. The molecule has 0 saturated heterocycles. The van der Waals surface area contributed by atoms with Crippen LogP contribution in [0, 0.1) is 0 Å². The van der Waals surface area contributed by atoms with Gasteiger partial charge in [0.2, 0.25) is 5.88 Å². The minimum Gasteiger partial charge on any atom is -0.497 e. The van der Waals surface area contributed by atoms with E-state index in [-0.39, 0.29) is 0 Å². The zero-order valence-electron chi connectivity index (χ0n) is 16.2. The summed E-state index contributed by atoms with van der Waals surface area (Å²) in [6, 6.07) is 11.4. The van der Waals surface area contributed by atoms with E-state index in [4.69, 9.17) is 14.2 Å². The first kappa shape index (κ1) is 20.4. The molecule has 7 nitrogen and oxygen atoms in total. The fourth-order valence-electron chi connectivity index (χ4n) is 2.30. The summed E-state index contributed by atoms with van der Waals surface area (Å²) in [4.78, 5) is 8.51. The van der Waals surface area contributed by atoms with E-state index >= 15 is 0 Å². The molecule has 1 heterocycles. The SMILES string of the molecule is CCCOc1ncccc1CNC(=NC)NCCOc1ccc(OC)cc1. The van der Waals surface area contributed by atoms with Crippen LogP contribution in [0.1, 0.15) is 18.9 Å². The lowest BCUT2D eigenvalue weighted by atomic mass is 10.2. The van der Waals surface area contributed by atoms with Crippen LogP contribution in [0.5, 0.6) is 17.4 Å². The predicted molar refractivity (Wildman–Crippen MR) is 107 cm³/mol. The smallest absolute Gasteiger partial charge is 0.218 e. The van der Waals surface area contributed by atoms with E-state index in [1.54, 1.807) is 20.4 Å². The van der Waals surface area contributed by atoms with Gasteiger partial charge in [-0.3, -0.25) is 4.99 Å². The summed E-state index contributed by atoms with van der Waals surface area (Å²) in [7, 11) is 3.38. The van der Waals surface area contributed by atoms with Gasteiger partial charge in [0.05, 0.1) is 20.3 Å². The van der Waals surface area contributed by atoms with Gasteiger partial charge in [-0.1, -0.05) is 13.0 Å². The van der Waals surface area contributed by atoms with Crippen LogP contribution in [0.15, 0.2) is 47.6 Å². The number of ether oxygens (including phenoxy) is 3. The Bertz CT molecular complexity index is 705. The lowest BCUT2D eigenvalue weighted by molar-refractivity contribution is 0.301. The molecule has 0 aliphatic rings. The van der Waals surface area contributed by atoms with E-state index in [0.717, 1.165) is 23.5 Å². The number of methoxy groups -OCH3 is 1. The largest absolute Gasteiger partial charge is 0.497 e. The number of rotatable bonds is 10. The third kappa shape index (κ3) is 7.05. The fourth-order valence-corrected chi connectivity index (χ4v) is 2.30. The summed E-state index contributed by atoms with van der Waals surface area (Å²) in [5.74, 6) is 2.96. The number of benzene rings is 1. The number of aliphatic imine (C=N–C) groups is 1. The highest BCUT2D eigenvalue weighted by molar-refractivity contribution is 5.79. The maximum atomic E-state index is 5.70. The quantitative estimate of drug-likeness (QED) is 0.379. The van der Waals surface area contributed by atoms with Crippen molar-refractivity contribution in [1.82, 2.24) is 15.6 Å². The maximum Gasteiger partial charge on any atom is 0.218 e. The fraction of sp³-hybridized carbons (Fsp3) is 0.400. The molecule has 2 aromatic rings. The minimum atomic E-state index is 0.519. The van der Waals surface area contributed by atoms with Crippen LogP contribution >= 0.6 is 0 Å². The average molecular weight is 372 g/mol. The molecule has 1 aromatic heterocycles. The first-order chi connectivity index (χ1) is 13.3. The van der Waals surface area contributed by atoms with E-state index in [0.29, 0.717) is 38.1 Å². The Morgan fingerprint density at radius 1 is 1.04 bits per heavy atom. The molecule has 2 rings (SSSR count). The Kier molecular flexibility index (Phi) is 8.76.